The Morgan fingerprint density at radius 3 is 2.54 bits per heavy atom. The van der Waals surface area contributed by atoms with E-state index in [2.05, 4.69) is 42.5 Å². The predicted octanol–water partition coefficient (Wildman–Crippen LogP) is 0.689. The van der Waals surface area contributed by atoms with Gasteiger partial charge >= 0.3 is 0 Å². The fourth-order valence-electron chi connectivity index (χ4n) is 4.10. The van der Waals surface area contributed by atoms with Gasteiger partial charge in [0.1, 0.15) is 6.54 Å². The second-order valence-electron chi connectivity index (χ2n) is 7.36. The molecule has 26 heavy (non-hydrogen) atoms. The first-order valence-corrected chi connectivity index (χ1v) is 9.56. The number of quaternary nitrogens is 1. The molecule has 0 atom stereocenters. The molecule has 2 aromatic carbocycles. The quantitative estimate of drug-likeness (QED) is 0.880. The average Bonchev–Trinajstić information content (AvgIpc) is 3.07. The van der Waals surface area contributed by atoms with E-state index in [9.17, 15) is 9.59 Å². The van der Waals surface area contributed by atoms with Gasteiger partial charge < -0.3 is 14.7 Å². The monoisotopic (exact) mass is 352 g/mol. The summed E-state index contributed by atoms with van der Waals surface area (Å²) in [5, 5.41) is 2.61. The molecule has 0 saturated carbocycles. The number of carbonyl (C=O) groups excluding carboxylic acids is 2. The largest absolute Gasteiger partial charge is 0.333 e. The molecule has 0 aromatic heterocycles. The minimum Gasteiger partial charge on any atom is -0.333 e. The first-order valence-electron chi connectivity index (χ1n) is 9.56. The van der Waals surface area contributed by atoms with E-state index in [0.29, 0.717) is 6.42 Å². The number of carbonyl (C=O) groups is 2. The van der Waals surface area contributed by atoms with Gasteiger partial charge in [-0.1, -0.05) is 42.5 Å². The number of hydrogen-bond donors (Lipinski definition) is 1. The van der Waals surface area contributed by atoms with Crippen LogP contribution in [0, 0.1) is 0 Å². The van der Waals surface area contributed by atoms with Crippen LogP contribution in [0.15, 0.2) is 42.5 Å². The molecule has 2 amide bonds. The Bertz CT molecular complexity index is 807. The van der Waals surface area contributed by atoms with E-state index in [1.807, 2.05) is 4.90 Å². The van der Waals surface area contributed by atoms with Crippen molar-refractivity contribution >= 4 is 22.6 Å². The van der Waals surface area contributed by atoms with Crippen LogP contribution >= 0.6 is 0 Å². The minimum atomic E-state index is 0.101. The molecule has 2 fully saturated rings. The topological polar surface area (TPSA) is 45.1 Å². The number of rotatable bonds is 4. The molecule has 2 aromatic rings. The van der Waals surface area contributed by atoms with Crippen LogP contribution in [0.4, 0.5) is 0 Å². The summed E-state index contributed by atoms with van der Waals surface area (Å²) in [5.41, 5.74) is 1.38. The average molecular weight is 352 g/mol. The van der Waals surface area contributed by atoms with E-state index < -0.39 is 0 Å². The van der Waals surface area contributed by atoms with Gasteiger partial charge in [-0.15, -0.1) is 0 Å². The first-order chi connectivity index (χ1) is 12.7. The molecule has 2 aliphatic rings. The van der Waals surface area contributed by atoms with Gasteiger partial charge in [-0.05, 0) is 17.2 Å². The smallest absolute Gasteiger partial charge is 0.242 e. The van der Waals surface area contributed by atoms with Crippen molar-refractivity contribution in [3.05, 3.63) is 48.0 Å². The molecule has 0 bridgehead atoms. The lowest BCUT2D eigenvalue weighted by molar-refractivity contribution is -0.917. The van der Waals surface area contributed by atoms with Crippen LogP contribution in [-0.2, 0) is 16.1 Å². The Balaban J connectivity index is 1.33. The number of likely N-dealkylation sites (tertiary alicyclic amines) is 1. The molecule has 136 valence electrons. The van der Waals surface area contributed by atoms with Gasteiger partial charge in [0.15, 0.2) is 0 Å². The first kappa shape index (κ1) is 17.0. The maximum Gasteiger partial charge on any atom is 0.242 e. The zero-order valence-electron chi connectivity index (χ0n) is 15.1. The third-order valence-corrected chi connectivity index (χ3v) is 5.64. The van der Waals surface area contributed by atoms with Gasteiger partial charge in [0, 0.05) is 18.5 Å². The Morgan fingerprint density at radius 1 is 1.00 bits per heavy atom. The number of nitrogens with one attached hydrogen (secondary N) is 1. The highest BCUT2D eigenvalue weighted by atomic mass is 16.2. The zero-order chi connectivity index (χ0) is 17.9. The Morgan fingerprint density at radius 2 is 1.77 bits per heavy atom. The van der Waals surface area contributed by atoms with Gasteiger partial charge in [-0.25, -0.2) is 0 Å². The van der Waals surface area contributed by atoms with Crippen molar-refractivity contribution in [1.29, 1.82) is 0 Å². The van der Waals surface area contributed by atoms with Crippen LogP contribution in [0.3, 0.4) is 0 Å². The molecule has 1 N–H and O–H groups in total. The zero-order valence-corrected chi connectivity index (χ0v) is 15.1. The normalized spacial score (nSPS) is 18.7. The number of amides is 2. The van der Waals surface area contributed by atoms with Crippen molar-refractivity contribution in [3.8, 4) is 0 Å². The molecule has 5 nitrogen and oxygen atoms in total. The maximum absolute atomic E-state index is 12.5. The molecule has 0 radical (unpaired) electrons. The molecular weight excluding hydrogens is 326 g/mol. The Labute approximate surface area is 154 Å². The summed E-state index contributed by atoms with van der Waals surface area (Å²) >= 11 is 0. The van der Waals surface area contributed by atoms with Crippen LogP contribution in [0.2, 0.25) is 0 Å². The van der Waals surface area contributed by atoms with Gasteiger partial charge in [0.2, 0.25) is 11.8 Å². The van der Waals surface area contributed by atoms with E-state index in [4.69, 9.17) is 0 Å². The molecule has 2 heterocycles. The Hall–Kier alpha value is -2.40. The summed E-state index contributed by atoms with van der Waals surface area (Å²) < 4.78 is 0. The number of benzene rings is 2. The fourth-order valence-corrected chi connectivity index (χ4v) is 4.10. The summed E-state index contributed by atoms with van der Waals surface area (Å²) in [7, 11) is 0. The lowest BCUT2D eigenvalue weighted by Crippen LogP contribution is -3.13. The van der Waals surface area contributed by atoms with Crippen molar-refractivity contribution < 1.29 is 14.5 Å². The van der Waals surface area contributed by atoms with E-state index in [1.54, 1.807) is 4.90 Å². The number of nitrogens with zero attached hydrogens (tertiary/aromatic N) is 2. The summed E-state index contributed by atoms with van der Waals surface area (Å²) in [6, 6.07) is 15.0. The van der Waals surface area contributed by atoms with Gasteiger partial charge in [0.25, 0.3) is 0 Å². The van der Waals surface area contributed by atoms with E-state index >= 15 is 0 Å². The molecule has 5 heteroatoms. The van der Waals surface area contributed by atoms with Crippen molar-refractivity contribution in [1.82, 2.24) is 9.80 Å². The van der Waals surface area contributed by atoms with Crippen LogP contribution in [0.1, 0.15) is 18.4 Å². The highest BCUT2D eigenvalue weighted by Crippen LogP contribution is 2.17. The molecule has 2 aliphatic heterocycles. The summed E-state index contributed by atoms with van der Waals surface area (Å²) in [4.78, 5) is 29.3. The molecule has 4 rings (SSSR count). The van der Waals surface area contributed by atoms with E-state index in [-0.39, 0.29) is 18.4 Å². The lowest BCUT2D eigenvalue weighted by atomic mass is 10.0. The third kappa shape index (κ3) is 3.58. The van der Waals surface area contributed by atoms with Crippen LogP contribution < -0.4 is 4.90 Å². The summed E-state index contributed by atoms with van der Waals surface area (Å²) in [6.45, 7) is 5.47. The lowest BCUT2D eigenvalue weighted by Gasteiger charge is -2.33. The second kappa shape index (κ2) is 7.46. The maximum atomic E-state index is 12.5. The predicted molar refractivity (Wildman–Crippen MR) is 101 cm³/mol. The standard InChI is InChI=1S/C21H25N3O2/c25-20-9-4-10-24(20)16-21(26)23-13-11-22(12-14-23)15-18-7-3-6-17-5-1-2-8-19(17)18/h1-3,5-8H,4,9-16H2/p+1. The SMILES string of the molecule is O=C(CN1CCCC1=O)N1CC[NH+](Cc2cccc3ccccc23)CC1. The Kier molecular flexibility index (Phi) is 4.89. The van der Waals surface area contributed by atoms with E-state index in [1.165, 1.54) is 21.2 Å². The van der Waals surface area contributed by atoms with Crippen LogP contribution in [-0.4, -0.2) is 60.9 Å². The van der Waals surface area contributed by atoms with Crippen molar-refractivity contribution in [2.24, 2.45) is 0 Å². The van der Waals surface area contributed by atoms with Crippen LogP contribution in [0.25, 0.3) is 10.8 Å². The van der Waals surface area contributed by atoms with Crippen molar-refractivity contribution in [2.75, 3.05) is 39.3 Å². The second-order valence-corrected chi connectivity index (χ2v) is 7.36. The number of hydrogen-bond acceptors (Lipinski definition) is 2. The highest BCUT2D eigenvalue weighted by molar-refractivity contribution is 5.86. The van der Waals surface area contributed by atoms with Crippen LogP contribution in [0.5, 0.6) is 0 Å². The van der Waals surface area contributed by atoms with Gasteiger partial charge in [-0.2, -0.15) is 0 Å². The molecular formula is C21H26N3O2+. The van der Waals surface area contributed by atoms with Gasteiger partial charge in [-0.3, -0.25) is 9.59 Å². The number of piperazine rings is 1. The van der Waals surface area contributed by atoms with Gasteiger partial charge in [0.05, 0.1) is 32.7 Å². The molecule has 0 unspecified atom stereocenters. The summed E-state index contributed by atoms with van der Waals surface area (Å²) in [6.07, 6.45) is 1.48. The number of fused-ring (bicyclic) bond motifs is 1. The molecule has 2 saturated heterocycles. The van der Waals surface area contributed by atoms with E-state index in [0.717, 1.165) is 45.7 Å². The third-order valence-electron chi connectivity index (χ3n) is 5.64. The summed E-state index contributed by atoms with van der Waals surface area (Å²) in [5.74, 6) is 0.225. The molecule has 0 spiro atoms. The minimum absolute atomic E-state index is 0.101. The van der Waals surface area contributed by atoms with Crippen molar-refractivity contribution in [3.63, 3.8) is 0 Å². The fraction of sp³-hybridized carbons (Fsp3) is 0.429. The highest BCUT2D eigenvalue weighted by Gasteiger charge is 2.28. The van der Waals surface area contributed by atoms with Crippen molar-refractivity contribution in [2.45, 2.75) is 19.4 Å². The molecule has 0 aliphatic carbocycles.